The number of nitrogens with zero attached hydrogens (tertiary/aromatic N) is 2. The van der Waals surface area contributed by atoms with Gasteiger partial charge in [-0.15, -0.1) is 0 Å². The van der Waals surface area contributed by atoms with Gasteiger partial charge in [-0.05, 0) is 28.4 Å². The summed E-state index contributed by atoms with van der Waals surface area (Å²) in [5, 5.41) is 20.3. The minimum atomic E-state index is -0.666. The molecule has 1 aromatic carbocycles. The number of β-amino-alcohol motifs (C(OH)–C–C–N with tert-alkyl or cyclic N) is 1. The topological polar surface area (TPSA) is 66.6 Å². The highest BCUT2D eigenvalue weighted by Crippen LogP contribution is 2.35. The largest absolute Gasteiger partial charge is 0.391 e. The quantitative estimate of drug-likeness (QED) is 0.671. The molecule has 1 fully saturated rings. The summed E-state index contributed by atoms with van der Waals surface area (Å²) >= 11 is 3.00. The van der Waals surface area contributed by atoms with E-state index in [2.05, 4.69) is 15.9 Å². The number of aliphatic hydroxyl groups is 1. The Balaban J connectivity index is 2.44. The number of halogens is 2. The zero-order valence-corrected chi connectivity index (χ0v) is 10.4. The fraction of sp³-hybridized carbons (Fsp3) is 0.400. The van der Waals surface area contributed by atoms with Crippen LogP contribution in [-0.4, -0.2) is 29.2 Å². The second-order valence-electron chi connectivity index (χ2n) is 3.90. The second-order valence-corrected chi connectivity index (χ2v) is 4.75. The molecule has 1 atom stereocenters. The van der Waals surface area contributed by atoms with Crippen LogP contribution in [0.5, 0.6) is 0 Å². The van der Waals surface area contributed by atoms with Gasteiger partial charge in [0.05, 0.1) is 21.6 Å². The fourth-order valence-corrected chi connectivity index (χ4v) is 2.22. The van der Waals surface area contributed by atoms with E-state index in [0.29, 0.717) is 25.2 Å². The lowest BCUT2D eigenvalue weighted by molar-refractivity contribution is -0.384. The van der Waals surface area contributed by atoms with Gasteiger partial charge in [0.1, 0.15) is 11.5 Å². The number of hydrogen-bond acceptors (Lipinski definition) is 4. The molecule has 2 rings (SSSR count). The van der Waals surface area contributed by atoms with Crippen LogP contribution in [0.4, 0.5) is 15.8 Å². The van der Waals surface area contributed by atoms with Gasteiger partial charge in [-0.25, -0.2) is 4.39 Å². The monoisotopic (exact) mass is 304 g/mol. The third-order valence-electron chi connectivity index (χ3n) is 2.72. The van der Waals surface area contributed by atoms with E-state index in [1.165, 1.54) is 6.07 Å². The predicted molar refractivity (Wildman–Crippen MR) is 63.6 cm³/mol. The summed E-state index contributed by atoms with van der Waals surface area (Å²) in [6.07, 6.45) is 0.0741. The summed E-state index contributed by atoms with van der Waals surface area (Å²) in [5.74, 6) is -0.666. The van der Waals surface area contributed by atoms with Gasteiger partial charge < -0.3 is 10.0 Å². The normalized spacial score (nSPS) is 19.7. The first-order valence-electron chi connectivity index (χ1n) is 5.05. The minimum absolute atomic E-state index is 0.180. The molecule has 1 aliphatic heterocycles. The van der Waals surface area contributed by atoms with Gasteiger partial charge in [-0.2, -0.15) is 0 Å². The van der Waals surface area contributed by atoms with Gasteiger partial charge in [-0.1, -0.05) is 0 Å². The van der Waals surface area contributed by atoms with Gasteiger partial charge in [-0.3, -0.25) is 10.1 Å². The van der Waals surface area contributed by atoms with Crippen molar-refractivity contribution in [3.8, 4) is 0 Å². The van der Waals surface area contributed by atoms with Crippen molar-refractivity contribution in [1.82, 2.24) is 0 Å². The summed E-state index contributed by atoms with van der Waals surface area (Å²) in [7, 11) is 0. The molecule has 0 unspecified atom stereocenters. The molecule has 92 valence electrons. The average Bonchev–Trinajstić information content (AvgIpc) is 2.68. The maximum atomic E-state index is 13.3. The summed E-state index contributed by atoms with van der Waals surface area (Å²) in [5.41, 5.74) is 0.0552. The van der Waals surface area contributed by atoms with Crippen molar-refractivity contribution in [2.45, 2.75) is 12.5 Å². The van der Waals surface area contributed by atoms with E-state index in [-0.39, 0.29) is 10.2 Å². The molecule has 7 heteroatoms. The molecule has 0 saturated carbocycles. The molecule has 1 aromatic rings. The first kappa shape index (κ1) is 12.3. The molecule has 0 amide bonds. The lowest BCUT2D eigenvalue weighted by Gasteiger charge is -2.18. The van der Waals surface area contributed by atoms with Crippen molar-refractivity contribution in [1.29, 1.82) is 0 Å². The van der Waals surface area contributed by atoms with Crippen LogP contribution in [0.3, 0.4) is 0 Å². The van der Waals surface area contributed by atoms with E-state index in [1.807, 2.05) is 0 Å². The molecular formula is C10H10BrFN2O3. The Morgan fingerprint density at radius 1 is 1.59 bits per heavy atom. The molecular weight excluding hydrogens is 295 g/mol. The zero-order valence-electron chi connectivity index (χ0n) is 8.77. The van der Waals surface area contributed by atoms with Gasteiger partial charge >= 0.3 is 0 Å². The number of aliphatic hydroxyl groups excluding tert-OH is 1. The fourth-order valence-electron chi connectivity index (χ4n) is 1.89. The molecule has 0 radical (unpaired) electrons. The Labute approximate surface area is 105 Å². The molecule has 5 nitrogen and oxygen atoms in total. The first-order valence-corrected chi connectivity index (χ1v) is 5.85. The third kappa shape index (κ3) is 2.39. The second kappa shape index (κ2) is 4.58. The summed E-state index contributed by atoms with van der Waals surface area (Å²) in [6.45, 7) is 0.860. The molecule has 1 saturated heterocycles. The average molecular weight is 305 g/mol. The summed E-state index contributed by atoms with van der Waals surface area (Å²) < 4.78 is 13.4. The van der Waals surface area contributed by atoms with Crippen molar-refractivity contribution in [3.05, 3.63) is 32.5 Å². The van der Waals surface area contributed by atoms with Crippen LogP contribution in [0.1, 0.15) is 6.42 Å². The molecule has 0 spiro atoms. The number of nitro groups is 1. The highest BCUT2D eigenvalue weighted by molar-refractivity contribution is 9.10. The summed E-state index contributed by atoms with van der Waals surface area (Å²) in [4.78, 5) is 11.9. The van der Waals surface area contributed by atoms with Crippen LogP contribution in [0.2, 0.25) is 0 Å². The van der Waals surface area contributed by atoms with E-state index < -0.39 is 16.8 Å². The van der Waals surface area contributed by atoms with E-state index in [0.717, 1.165) is 6.07 Å². The number of nitro benzene ring substituents is 1. The molecule has 0 aromatic heterocycles. The summed E-state index contributed by atoms with van der Waals surface area (Å²) in [6, 6.07) is 2.27. The van der Waals surface area contributed by atoms with Gasteiger partial charge in [0, 0.05) is 13.1 Å². The van der Waals surface area contributed by atoms with Crippen molar-refractivity contribution in [2.75, 3.05) is 18.0 Å². The SMILES string of the molecule is O=[N+]([O-])c1cc(F)c(Br)cc1N1CC[C@H](O)C1. The van der Waals surface area contributed by atoms with E-state index in [1.54, 1.807) is 4.90 Å². The highest BCUT2D eigenvalue weighted by atomic mass is 79.9. The molecule has 17 heavy (non-hydrogen) atoms. The third-order valence-corrected chi connectivity index (χ3v) is 3.33. The Kier molecular flexibility index (Phi) is 3.30. The first-order chi connectivity index (χ1) is 7.99. The van der Waals surface area contributed by atoms with Crippen molar-refractivity contribution in [2.24, 2.45) is 0 Å². The molecule has 1 N–H and O–H groups in total. The van der Waals surface area contributed by atoms with Crippen molar-refractivity contribution in [3.63, 3.8) is 0 Å². The Bertz CT molecular complexity index is 469. The maximum absolute atomic E-state index is 13.3. The van der Waals surface area contributed by atoms with Crippen molar-refractivity contribution >= 4 is 27.3 Å². The zero-order chi connectivity index (χ0) is 12.6. The van der Waals surface area contributed by atoms with Crippen LogP contribution in [0, 0.1) is 15.9 Å². The van der Waals surface area contributed by atoms with Crippen LogP contribution in [0.25, 0.3) is 0 Å². The number of hydrogen-bond donors (Lipinski definition) is 1. The Morgan fingerprint density at radius 3 is 2.82 bits per heavy atom. The van der Waals surface area contributed by atoms with Gasteiger partial charge in [0.25, 0.3) is 5.69 Å². The molecule has 1 heterocycles. The smallest absolute Gasteiger partial charge is 0.295 e. The van der Waals surface area contributed by atoms with Crippen LogP contribution >= 0.6 is 15.9 Å². The lowest BCUT2D eigenvalue weighted by atomic mass is 10.2. The van der Waals surface area contributed by atoms with Gasteiger partial charge in [0.2, 0.25) is 0 Å². The van der Waals surface area contributed by atoms with Crippen LogP contribution in [-0.2, 0) is 0 Å². The molecule has 0 aliphatic carbocycles. The number of rotatable bonds is 2. The minimum Gasteiger partial charge on any atom is -0.391 e. The van der Waals surface area contributed by atoms with Crippen LogP contribution < -0.4 is 4.90 Å². The Morgan fingerprint density at radius 2 is 2.29 bits per heavy atom. The standard InChI is InChI=1S/C10H10BrFN2O3/c11-7-3-9(13-2-1-6(15)5-13)10(14(16)17)4-8(7)12/h3-4,6,15H,1-2,5H2/t6-/m0/s1. The van der Waals surface area contributed by atoms with Crippen molar-refractivity contribution < 1.29 is 14.4 Å². The maximum Gasteiger partial charge on any atom is 0.295 e. The Hall–Kier alpha value is -1.21. The van der Waals surface area contributed by atoms with E-state index in [4.69, 9.17) is 0 Å². The van der Waals surface area contributed by atoms with E-state index in [9.17, 15) is 19.6 Å². The molecule has 1 aliphatic rings. The molecule has 0 bridgehead atoms. The number of benzene rings is 1. The van der Waals surface area contributed by atoms with Crippen LogP contribution in [0.15, 0.2) is 16.6 Å². The van der Waals surface area contributed by atoms with Gasteiger partial charge in [0.15, 0.2) is 0 Å². The lowest BCUT2D eigenvalue weighted by Crippen LogP contribution is -2.22. The number of anilines is 1. The van der Waals surface area contributed by atoms with E-state index >= 15 is 0 Å². The predicted octanol–water partition coefficient (Wildman–Crippen LogP) is 2.07. The highest BCUT2D eigenvalue weighted by Gasteiger charge is 2.27.